The molecule has 0 spiro atoms. The number of likely N-dealkylation sites (N-methyl/N-ethyl adjacent to an activating group) is 2. The van der Waals surface area contributed by atoms with E-state index in [0.717, 1.165) is 10.5 Å². The second-order valence-corrected chi connectivity index (χ2v) is 5.26. The summed E-state index contributed by atoms with van der Waals surface area (Å²) < 4.78 is 7.40. The molecular formula is C15H13N4O3+. The van der Waals surface area contributed by atoms with E-state index in [1.54, 1.807) is 17.8 Å². The molecule has 7 heteroatoms. The van der Waals surface area contributed by atoms with E-state index < -0.39 is 12.1 Å². The Morgan fingerprint density at radius 1 is 1.14 bits per heavy atom. The lowest BCUT2D eigenvalue weighted by Crippen LogP contribution is -2.61. The van der Waals surface area contributed by atoms with Crippen LogP contribution in [0.25, 0.3) is 11.3 Å². The summed E-state index contributed by atoms with van der Waals surface area (Å²) in [5.41, 5.74) is 0.905. The number of amides is 3. The predicted molar refractivity (Wildman–Crippen MR) is 76.4 cm³/mol. The lowest BCUT2D eigenvalue weighted by molar-refractivity contribution is -0.679. The van der Waals surface area contributed by atoms with Gasteiger partial charge in [-0.3, -0.25) is 14.6 Å². The number of fused-ring (bicyclic) bond motifs is 3. The van der Waals surface area contributed by atoms with E-state index in [0.29, 0.717) is 17.6 Å². The number of hydrogen-bond acceptors (Lipinski definition) is 4. The number of carbonyl (C=O) groups is 2. The number of urea groups is 1. The van der Waals surface area contributed by atoms with Gasteiger partial charge < -0.3 is 4.42 Å². The number of oxazole rings is 1. The Balaban J connectivity index is 1.82. The van der Waals surface area contributed by atoms with Gasteiger partial charge in [-0.25, -0.2) is 4.79 Å². The highest BCUT2D eigenvalue weighted by atomic mass is 16.4. The van der Waals surface area contributed by atoms with Crippen LogP contribution in [0.1, 0.15) is 6.04 Å². The van der Waals surface area contributed by atoms with Crippen molar-refractivity contribution in [3.8, 4) is 11.3 Å². The maximum Gasteiger partial charge on any atom is 0.507 e. The van der Waals surface area contributed by atoms with Gasteiger partial charge in [-0.05, 0) is 0 Å². The van der Waals surface area contributed by atoms with Crippen LogP contribution in [0.4, 0.5) is 10.8 Å². The Morgan fingerprint density at radius 3 is 2.59 bits per heavy atom. The van der Waals surface area contributed by atoms with E-state index in [2.05, 4.69) is 4.99 Å². The van der Waals surface area contributed by atoms with Crippen LogP contribution in [0.2, 0.25) is 0 Å². The summed E-state index contributed by atoms with van der Waals surface area (Å²) in [6.45, 7) is 0. The fraction of sp³-hybridized carbons (Fsp3) is 0.200. The van der Waals surface area contributed by atoms with Gasteiger partial charge in [-0.1, -0.05) is 30.3 Å². The van der Waals surface area contributed by atoms with E-state index >= 15 is 0 Å². The molecule has 2 aliphatic rings. The number of aromatic nitrogens is 1. The Bertz CT molecular complexity index is 825. The average Bonchev–Trinajstić information content (AvgIpc) is 3.09. The zero-order valence-electron chi connectivity index (χ0n) is 12.1. The van der Waals surface area contributed by atoms with Crippen LogP contribution >= 0.6 is 0 Å². The molecule has 3 heterocycles. The minimum Gasteiger partial charge on any atom is -0.384 e. The smallest absolute Gasteiger partial charge is 0.384 e. The van der Waals surface area contributed by atoms with Gasteiger partial charge in [-0.2, -0.15) is 4.57 Å². The molecule has 7 nitrogen and oxygen atoms in total. The average molecular weight is 297 g/mol. The summed E-state index contributed by atoms with van der Waals surface area (Å²) in [4.78, 5) is 31.1. The molecule has 0 aliphatic carbocycles. The monoisotopic (exact) mass is 297 g/mol. The second-order valence-electron chi connectivity index (χ2n) is 5.26. The summed E-state index contributed by atoms with van der Waals surface area (Å²) >= 11 is 0. The number of hydrogen-bond donors (Lipinski definition) is 0. The summed E-state index contributed by atoms with van der Waals surface area (Å²) in [5, 5.41) is 0. The lowest BCUT2D eigenvalue weighted by atomic mass is 10.1. The number of benzene rings is 1. The van der Waals surface area contributed by atoms with Gasteiger partial charge in [0.1, 0.15) is 6.20 Å². The molecule has 1 fully saturated rings. The zero-order valence-corrected chi connectivity index (χ0v) is 12.1. The summed E-state index contributed by atoms with van der Waals surface area (Å²) in [5.74, 6) is 0.714. The Labute approximate surface area is 126 Å². The van der Waals surface area contributed by atoms with Crippen LogP contribution in [-0.2, 0) is 4.79 Å². The molecule has 1 atom stereocenters. The molecule has 22 heavy (non-hydrogen) atoms. The van der Waals surface area contributed by atoms with Crippen LogP contribution in [-0.4, -0.2) is 41.7 Å². The van der Waals surface area contributed by atoms with E-state index in [1.165, 1.54) is 11.9 Å². The molecule has 0 saturated carbocycles. The Hall–Kier alpha value is -2.96. The number of rotatable bonds is 1. The molecule has 0 radical (unpaired) electrons. The van der Waals surface area contributed by atoms with Gasteiger partial charge in [0.05, 0.1) is 0 Å². The molecule has 2 aliphatic heterocycles. The minimum absolute atomic E-state index is 0.314. The van der Waals surface area contributed by atoms with Crippen molar-refractivity contribution in [3.63, 3.8) is 0 Å². The van der Waals surface area contributed by atoms with Crippen molar-refractivity contribution in [2.24, 2.45) is 4.99 Å². The second kappa shape index (κ2) is 4.27. The van der Waals surface area contributed by atoms with Crippen molar-refractivity contribution >= 4 is 23.8 Å². The van der Waals surface area contributed by atoms with Crippen LogP contribution in [0.3, 0.4) is 0 Å². The van der Waals surface area contributed by atoms with Crippen molar-refractivity contribution in [1.82, 2.24) is 9.80 Å². The van der Waals surface area contributed by atoms with Crippen LogP contribution in [0, 0.1) is 0 Å². The zero-order chi connectivity index (χ0) is 15.4. The third kappa shape index (κ3) is 1.56. The number of nitrogens with zero attached hydrogens (tertiary/aromatic N) is 4. The van der Waals surface area contributed by atoms with Gasteiger partial charge in [0.25, 0.3) is 17.8 Å². The highest BCUT2D eigenvalue weighted by Gasteiger charge is 2.54. The van der Waals surface area contributed by atoms with Gasteiger partial charge in [0.2, 0.25) is 0 Å². The number of amidine groups is 1. The SMILES string of the molecule is CN1C(=O)C2C(=Nc3oc(-c4ccccc4)c[n+]32)N(C)C1=O. The molecule has 0 bridgehead atoms. The third-order valence-electron chi connectivity index (χ3n) is 3.95. The maximum atomic E-state index is 12.4. The van der Waals surface area contributed by atoms with Crippen molar-refractivity contribution < 1.29 is 18.6 Å². The number of imide groups is 1. The largest absolute Gasteiger partial charge is 0.507 e. The molecule has 1 saturated heterocycles. The molecule has 0 N–H and O–H groups in total. The minimum atomic E-state index is -0.649. The standard InChI is InChI=1S/C15H13N4O3/c1-17-12-11(13(20)18(2)15(17)21)19-8-10(22-14(19)16-12)9-6-4-3-5-7-9/h3-8,11H,1-2H3/q+1. The molecule has 1 unspecified atom stereocenters. The Morgan fingerprint density at radius 2 is 1.86 bits per heavy atom. The van der Waals surface area contributed by atoms with Crippen molar-refractivity contribution in [1.29, 1.82) is 0 Å². The first-order valence-electron chi connectivity index (χ1n) is 6.82. The third-order valence-corrected chi connectivity index (χ3v) is 3.95. The van der Waals surface area contributed by atoms with E-state index in [4.69, 9.17) is 4.42 Å². The molecular weight excluding hydrogens is 284 g/mol. The van der Waals surface area contributed by atoms with Gasteiger partial charge in [0.15, 0.2) is 5.76 Å². The molecule has 3 amide bonds. The fourth-order valence-electron chi connectivity index (χ4n) is 2.73. The first-order valence-corrected chi connectivity index (χ1v) is 6.82. The lowest BCUT2D eigenvalue weighted by Gasteiger charge is -2.29. The number of aliphatic imine (C=N–C) groups is 1. The molecule has 1 aromatic heterocycles. The maximum absolute atomic E-state index is 12.4. The quantitative estimate of drug-likeness (QED) is 0.746. The van der Waals surface area contributed by atoms with Gasteiger partial charge >= 0.3 is 12.0 Å². The van der Waals surface area contributed by atoms with Crippen molar-refractivity contribution in [2.45, 2.75) is 6.04 Å². The summed E-state index contributed by atoms with van der Waals surface area (Å²) in [6.07, 6.45) is 1.75. The molecule has 2 aromatic rings. The van der Waals surface area contributed by atoms with Crippen LogP contribution in [0.5, 0.6) is 0 Å². The van der Waals surface area contributed by atoms with Crippen LogP contribution in [0.15, 0.2) is 45.9 Å². The summed E-state index contributed by atoms with van der Waals surface area (Å²) in [7, 11) is 3.07. The van der Waals surface area contributed by atoms with E-state index in [-0.39, 0.29) is 5.91 Å². The first kappa shape index (κ1) is 12.8. The first-order chi connectivity index (χ1) is 10.6. The fourth-order valence-corrected chi connectivity index (χ4v) is 2.73. The molecule has 1 aromatic carbocycles. The van der Waals surface area contributed by atoms with E-state index in [1.807, 2.05) is 30.3 Å². The van der Waals surface area contributed by atoms with Gasteiger partial charge in [0, 0.05) is 24.7 Å². The number of carbonyl (C=O) groups excluding carboxylic acids is 2. The van der Waals surface area contributed by atoms with Crippen molar-refractivity contribution in [3.05, 3.63) is 36.5 Å². The van der Waals surface area contributed by atoms with E-state index in [9.17, 15) is 9.59 Å². The molecule has 4 rings (SSSR count). The summed E-state index contributed by atoms with van der Waals surface area (Å²) in [6, 6.07) is 8.86. The van der Waals surface area contributed by atoms with Gasteiger partial charge in [-0.15, -0.1) is 0 Å². The van der Waals surface area contributed by atoms with Crippen molar-refractivity contribution in [2.75, 3.05) is 14.1 Å². The normalized spacial score (nSPS) is 20.1. The van der Waals surface area contributed by atoms with Crippen LogP contribution < -0.4 is 4.57 Å². The Kier molecular flexibility index (Phi) is 2.47. The molecule has 110 valence electrons. The highest BCUT2D eigenvalue weighted by Crippen LogP contribution is 2.31. The highest BCUT2D eigenvalue weighted by molar-refractivity contribution is 6.18. The predicted octanol–water partition coefficient (Wildman–Crippen LogP) is 1.34. The topological polar surface area (TPSA) is 70.0 Å².